The summed E-state index contributed by atoms with van der Waals surface area (Å²) in [5, 5.41) is 5.98. The Hall–Kier alpha value is -1.92. The third kappa shape index (κ3) is 3.94. The van der Waals surface area contributed by atoms with Gasteiger partial charge in [0.2, 0.25) is 0 Å². The van der Waals surface area contributed by atoms with Crippen LogP contribution in [0.2, 0.25) is 0 Å². The van der Waals surface area contributed by atoms with Gasteiger partial charge in [0, 0.05) is 31.9 Å². The number of piperazine rings is 1. The molecule has 0 spiro atoms. The summed E-state index contributed by atoms with van der Waals surface area (Å²) in [5.41, 5.74) is 3.45. The average molecular weight is 360 g/mol. The van der Waals surface area contributed by atoms with E-state index < -0.39 is 0 Å². The molecule has 1 N–H and O–H groups in total. The van der Waals surface area contributed by atoms with Gasteiger partial charge in [-0.25, -0.2) is 0 Å². The fourth-order valence-corrected chi connectivity index (χ4v) is 3.91. The highest BCUT2D eigenvalue weighted by atomic mass is 32.1. The Balaban J connectivity index is 1.56. The third-order valence-electron chi connectivity index (χ3n) is 4.06. The van der Waals surface area contributed by atoms with E-state index in [-0.39, 0.29) is 5.91 Å². The lowest BCUT2D eigenvalue weighted by Crippen LogP contribution is -2.51. The number of amides is 1. The van der Waals surface area contributed by atoms with Crippen LogP contribution >= 0.6 is 23.6 Å². The molecule has 1 fully saturated rings. The number of carbonyl (C=O) groups excluding carboxylic acids is 1. The summed E-state index contributed by atoms with van der Waals surface area (Å²) in [7, 11) is 0. The largest absolute Gasteiger partial charge is 0.345 e. The molecule has 0 aliphatic carbocycles. The first-order valence-corrected chi connectivity index (χ1v) is 9.29. The zero-order chi connectivity index (χ0) is 17.1. The minimum Gasteiger partial charge on any atom is -0.345 e. The Bertz CT molecular complexity index is 714. The zero-order valence-electron chi connectivity index (χ0n) is 13.9. The van der Waals surface area contributed by atoms with Crippen molar-refractivity contribution >= 4 is 40.3 Å². The molecule has 1 saturated heterocycles. The summed E-state index contributed by atoms with van der Waals surface area (Å²) in [6.45, 7) is 7.07. The Morgan fingerprint density at radius 3 is 2.29 bits per heavy atom. The maximum absolute atomic E-state index is 12.4. The van der Waals surface area contributed by atoms with Crippen LogP contribution in [0.3, 0.4) is 0 Å². The minimum absolute atomic E-state index is 0.123. The van der Waals surface area contributed by atoms with E-state index in [2.05, 4.69) is 42.3 Å². The third-order valence-corrected chi connectivity index (χ3v) is 5.28. The SMILES string of the molecule is Cc1cc(C)cc(NC(=S)N2CCN(C(=O)c3cccs3)CC2)c1. The van der Waals surface area contributed by atoms with E-state index in [0.29, 0.717) is 13.1 Å². The number of rotatable bonds is 2. The predicted octanol–water partition coefficient (Wildman–Crippen LogP) is 3.52. The van der Waals surface area contributed by atoms with Gasteiger partial charge in [-0.3, -0.25) is 4.79 Å². The van der Waals surface area contributed by atoms with Gasteiger partial charge in [-0.2, -0.15) is 0 Å². The van der Waals surface area contributed by atoms with Crippen molar-refractivity contribution in [2.24, 2.45) is 0 Å². The lowest BCUT2D eigenvalue weighted by atomic mass is 10.1. The van der Waals surface area contributed by atoms with Crippen molar-refractivity contribution in [2.75, 3.05) is 31.5 Å². The molecule has 2 aromatic rings. The van der Waals surface area contributed by atoms with Crippen molar-refractivity contribution in [3.63, 3.8) is 0 Å². The molecule has 4 nitrogen and oxygen atoms in total. The van der Waals surface area contributed by atoms with E-state index in [0.717, 1.165) is 28.8 Å². The van der Waals surface area contributed by atoms with Crippen molar-refractivity contribution < 1.29 is 4.79 Å². The minimum atomic E-state index is 0.123. The van der Waals surface area contributed by atoms with Gasteiger partial charge in [-0.1, -0.05) is 12.1 Å². The highest BCUT2D eigenvalue weighted by molar-refractivity contribution is 7.80. The molecular formula is C18H21N3OS2. The Labute approximate surface area is 152 Å². The molecule has 1 aromatic carbocycles. The molecule has 2 heterocycles. The molecule has 3 rings (SSSR count). The van der Waals surface area contributed by atoms with Crippen LogP contribution in [0.1, 0.15) is 20.8 Å². The second-order valence-corrected chi connectivity index (χ2v) is 7.40. The molecule has 24 heavy (non-hydrogen) atoms. The summed E-state index contributed by atoms with van der Waals surface area (Å²) in [5.74, 6) is 0.123. The molecule has 1 aliphatic rings. The predicted molar refractivity (Wildman–Crippen MR) is 104 cm³/mol. The number of hydrogen-bond donors (Lipinski definition) is 1. The van der Waals surface area contributed by atoms with E-state index in [1.807, 2.05) is 22.4 Å². The van der Waals surface area contributed by atoms with Crippen molar-refractivity contribution in [3.05, 3.63) is 51.7 Å². The van der Waals surface area contributed by atoms with Gasteiger partial charge < -0.3 is 15.1 Å². The quantitative estimate of drug-likeness (QED) is 0.832. The molecule has 0 radical (unpaired) electrons. The van der Waals surface area contributed by atoms with Gasteiger partial charge in [-0.05, 0) is 60.8 Å². The number of anilines is 1. The lowest BCUT2D eigenvalue weighted by molar-refractivity contribution is 0.0698. The Kier molecular flexibility index (Phi) is 5.16. The van der Waals surface area contributed by atoms with Gasteiger partial charge in [0.1, 0.15) is 0 Å². The summed E-state index contributed by atoms with van der Waals surface area (Å²) >= 11 is 7.03. The van der Waals surface area contributed by atoms with Crippen LogP contribution in [0.25, 0.3) is 0 Å². The fraction of sp³-hybridized carbons (Fsp3) is 0.333. The van der Waals surface area contributed by atoms with Crippen LogP contribution in [0.15, 0.2) is 35.7 Å². The molecule has 126 valence electrons. The standard InChI is InChI=1S/C18H21N3OS2/c1-13-10-14(2)12-15(11-13)19-18(23)21-7-5-20(6-8-21)17(22)16-4-3-9-24-16/h3-4,9-12H,5-8H2,1-2H3,(H,19,23). The number of thiocarbonyl (C=S) groups is 1. The van der Waals surface area contributed by atoms with E-state index in [4.69, 9.17) is 12.2 Å². The highest BCUT2D eigenvalue weighted by Gasteiger charge is 2.23. The van der Waals surface area contributed by atoms with Crippen LogP contribution in [0, 0.1) is 13.8 Å². The van der Waals surface area contributed by atoms with Crippen LogP contribution < -0.4 is 5.32 Å². The Morgan fingerprint density at radius 1 is 1.08 bits per heavy atom. The number of hydrogen-bond acceptors (Lipinski definition) is 3. The number of aryl methyl sites for hydroxylation is 2. The normalized spacial score (nSPS) is 14.6. The summed E-state index contributed by atoms with van der Waals surface area (Å²) < 4.78 is 0. The van der Waals surface area contributed by atoms with E-state index in [1.54, 1.807) is 0 Å². The van der Waals surface area contributed by atoms with E-state index in [9.17, 15) is 4.79 Å². The monoisotopic (exact) mass is 359 g/mol. The topological polar surface area (TPSA) is 35.6 Å². The maximum atomic E-state index is 12.4. The molecule has 0 unspecified atom stereocenters. The van der Waals surface area contributed by atoms with E-state index in [1.165, 1.54) is 22.5 Å². The Morgan fingerprint density at radius 2 is 1.71 bits per heavy atom. The molecule has 1 aliphatic heterocycles. The summed E-state index contributed by atoms with van der Waals surface area (Å²) in [6.07, 6.45) is 0. The lowest BCUT2D eigenvalue weighted by Gasteiger charge is -2.36. The highest BCUT2D eigenvalue weighted by Crippen LogP contribution is 2.16. The van der Waals surface area contributed by atoms with Gasteiger partial charge >= 0.3 is 0 Å². The smallest absolute Gasteiger partial charge is 0.264 e. The molecule has 1 aromatic heterocycles. The summed E-state index contributed by atoms with van der Waals surface area (Å²) in [4.78, 5) is 17.2. The average Bonchev–Trinajstić information content (AvgIpc) is 3.07. The van der Waals surface area contributed by atoms with Gasteiger partial charge in [0.15, 0.2) is 5.11 Å². The molecule has 0 atom stereocenters. The van der Waals surface area contributed by atoms with Crippen LogP contribution in [-0.4, -0.2) is 47.0 Å². The molecule has 0 bridgehead atoms. The van der Waals surface area contributed by atoms with E-state index >= 15 is 0 Å². The van der Waals surface area contributed by atoms with Crippen LogP contribution in [0.5, 0.6) is 0 Å². The van der Waals surface area contributed by atoms with Crippen molar-refractivity contribution in [2.45, 2.75) is 13.8 Å². The van der Waals surface area contributed by atoms with Gasteiger partial charge in [-0.15, -0.1) is 11.3 Å². The zero-order valence-corrected chi connectivity index (χ0v) is 15.5. The molecule has 0 saturated carbocycles. The number of benzene rings is 1. The second kappa shape index (κ2) is 7.32. The number of thiophene rings is 1. The summed E-state index contributed by atoms with van der Waals surface area (Å²) in [6, 6.07) is 10.1. The maximum Gasteiger partial charge on any atom is 0.264 e. The van der Waals surface area contributed by atoms with Crippen LogP contribution in [-0.2, 0) is 0 Å². The van der Waals surface area contributed by atoms with Gasteiger partial charge in [0.25, 0.3) is 5.91 Å². The fourth-order valence-electron chi connectivity index (χ4n) is 2.92. The van der Waals surface area contributed by atoms with Crippen LogP contribution in [0.4, 0.5) is 5.69 Å². The molecule has 1 amide bonds. The first-order chi connectivity index (χ1) is 11.5. The van der Waals surface area contributed by atoms with Crippen molar-refractivity contribution in [1.29, 1.82) is 0 Å². The van der Waals surface area contributed by atoms with Crippen molar-refractivity contribution in [1.82, 2.24) is 9.80 Å². The number of carbonyl (C=O) groups is 1. The molecular weight excluding hydrogens is 338 g/mol. The first kappa shape index (κ1) is 16.9. The van der Waals surface area contributed by atoms with Crippen molar-refractivity contribution in [3.8, 4) is 0 Å². The molecule has 6 heteroatoms. The first-order valence-electron chi connectivity index (χ1n) is 8.00. The van der Waals surface area contributed by atoms with Gasteiger partial charge in [0.05, 0.1) is 4.88 Å². The number of nitrogens with one attached hydrogen (secondary N) is 1. The number of nitrogens with zero attached hydrogens (tertiary/aromatic N) is 2. The second-order valence-electron chi connectivity index (χ2n) is 6.06.